The molecular weight excluding hydrogens is 243 g/mol. The maximum Gasteiger partial charge on any atom is 0.339 e. The molecule has 2 fully saturated rings. The van der Waals surface area contributed by atoms with Crippen LogP contribution in [0.3, 0.4) is 0 Å². The van der Waals surface area contributed by atoms with Gasteiger partial charge in [0.15, 0.2) is 0 Å². The summed E-state index contributed by atoms with van der Waals surface area (Å²) >= 11 is 2.10. The summed E-state index contributed by atoms with van der Waals surface area (Å²) in [6, 6.07) is 0. The average Bonchev–Trinajstić information content (AvgIpc) is 1.79. The second kappa shape index (κ2) is 1.96. The maximum atomic E-state index is 10.8. The zero-order chi connectivity index (χ0) is 7.19. The van der Waals surface area contributed by atoms with Crippen LogP contribution in [0, 0.1) is 0 Å². The molecule has 2 rings (SSSR count). The van der Waals surface area contributed by atoms with Crippen LogP contribution in [0.25, 0.3) is 0 Å². The SMILES string of the molecule is O=C1OC2(CCC2)/C1=C/I. The van der Waals surface area contributed by atoms with Gasteiger partial charge in [0.2, 0.25) is 0 Å². The van der Waals surface area contributed by atoms with Crippen LogP contribution in [0.15, 0.2) is 9.66 Å². The Morgan fingerprint density at radius 2 is 2.30 bits per heavy atom. The Hall–Kier alpha value is -0.0600. The minimum absolute atomic E-state index is 0.113. The highest BCUT2D eigenvalue weighted by Crippen LogP contribution is 2.49. The maximum absolute atomic E-state index is 10.8. The quantitative estimate of drug-likeness (QED) is 0.372. The molecule has 0 atom stereocenters. The summed E-state index contributed by atoms with van der Waals surface area (Å²) in [4.78, 5) is 10.8. The van der Waals surface area contributed by atoms with Crippen molar-refractivity contribution in [2.24, 2.45) is 0 Å². The largest absolute Gasteiger partial charge is 0.450 e. The standard InChI is InChI=1S/C7H7IO2/c8-4-5-6(9)10-7(5)2-1-3-7/h4H,1-3H2/b5-4+. The van der Waals surface area contributed by atoms with E-state index in [2.05, 4.69) is 22.6 Å². The fourth-order valence-corrected chi connectivity index (χ4v) is 2.26. The summed E-state index contributed by atoms with van der Waals surface area (Å²) in [6.07, 6.45) is 3.27. The van der Waals surface area contributed by atoms with E-state index in [-0.39, 0.29) is 11.6 Å². The fraction of sp³-hybridized carbons (Fsp3) is 0.571. The minimum atomic E-state index is -0.117. The lowest BCUT2D eigenvalue weighted by atomic mass is 9.71. The van der Waals surface area contributed by atoms with Crippen LogP contribution in [-0.2, 0) is 9.53 Å². The molecule has 10 heavy (non-hydrogen) atoms. The Kier molecular flexibility index (Phi) is 1.30. The molecule has 1 heterocycles. The first-order valence-electron chi connectivity index (χ1n) is 3.33. The van der Waals surface area contributed by atoms with Crippen LogP contribution in [0.5, 0.6) is 0 Å². The average molecular weight is 250 g/mol. The third-order valence-corrected chi connectivity index (χ3v) is 2.89. The van der Waals surface area contributed by atoms with Crippen LogP contribution in [-0.4, -0.2) is 11.6 Å². The molecule has 0 aromatic carbocycles. The van der Waals surface area contributed by atoms with Crippen LogP contribution >= 0.6 is 22.6 Å². The third-order valence-electron chi connectivity index (χ3n) is 2.27. The zero-order valence-electron chi connectivity index (χ0n) is 5.39. The summed E-state index contributed by atoms with van der Waals surface area (Å²) in [6.45, 7) is 0. The van der Waals surface area contributed by atoms with Crippen molar-refractivity contribution in [2.45, 2.75) is 24.9 Å². The van der Waals surface area contributed by atoms with E-state index in [1.165, 1.54) is 6.42 Å². The van der Waals surface area contributed by atoms with Crippen molar-refractivity contribution >= 4 is 28.6 Å². The lowest BCUT2D eigenvalue weighted by Gasteiger charge is -2.48. The van der Waals surface area contributed by atoms with Gasteiger partial charge >= 0.3 is 5.97 Å². The smallest absolute Gasteiger partial charge is 0.339 e. The Bertz CT molecular complexity index is 216. The molecule has 3 heteroatoms. The van der Waals surface area contributed by atoms with Crippen LogP contribution in [0.2, 0.25) is 0 Å². The Morgan fingerprint density at radius 3 is 2.50 bits per heavy atom. The van der Waals surface area contributed by atoms with E-state index in [1.807, 2.05) is 4.08 Å². The number of carbonyl (C=O) groups excluding carboxylic acids is 1. The van der Waals surface area contributed by atoms with E-state index < -0.39 is 0 Å². The topological polar surface area (TPSA) is 26.3 Å². The van der Waals surface area contributed by atoms with Crippen LogP contribution in [0.1, 0.15) is 19.3 Å². The van der Waals surface area contributed by atoms with Gasteiger partial charge in [0, 0.05) is 0 Å². The van der Waals surface area contributed by atoms with E-state index in [1.54, 1.807) is 0 Å². The summed E-state index contributed by atoms with van der Waals surface area (Å²) in [5.41, 5.74) is 0.775. The Balaban J connectivity index is 2.22. The summed E-state index contributed by atoms with van der Waals surface area (Å²) < 4.78 is 6.90. The van der Waals surface area contributed by atoms with E-state index >= 15 is 0 Å². The van der Waals surface area contributed by atoms with E-state index in [4.69, 9.17) is 4.74 Å². The number of rotatable bonds is 0. The first-order valence-corrected chi connectivity index (χ1v) is 4.57. The molecule has 1 aliphatic carbocycles. The summed E-state index contributed by atoms with van der Waals surface area (Å²) in [5, 5.41) is 0. The van der Waals surface area contributed by atoms with Gasteiger partial charge in [-0.05, 0) is 23.3 Å². The van der Waals surface area contributed by atoms with Crippen LogP contribution in [0.4, 0.5) is 0 Å². The predicted molar refractivity (Wildman–Crippen MR) is 44.8 cm³/mol. The second-order valence-corrected chi connectivity index (χ2v) is 3.38. The predicted octanol–water partition coefficient (Wildman–Crippen LogP) is 1.78. The molecule has 0 unspecified atom stereocenters. The first-order chi connectivity index (χ1) is 4.78. The molecular formula is C7H7IO2. The van der Waals surface area contributed by atoms with Crippen molar-refractivity contribution < 1.29 is 9.53 Å². The van der Waals surface area contributed by atoms with Crippen molar-refractivity contribution in [3.05, 3.63) is 9.66 Å². The molecule has 54 valence electrons. The molecule has 1 saturated heterocycles. The van der Waals surface area contributed by atoms with Gasteiger partial charge in [-0.25, -0.2) is 4.79 Å². The third kappa shape index (κ3) is 0.615. The molecule has 0 amide bonds. The van der Waals surface area contributed by atoms with Gasteiger partial charge in [0.05, 0.1) is 5.57 Å². The van der Waals surface area contributed by atoms with E-state index in [0.717, 1.165) is 18.4 Å². The van der Waals surface area contributed by atoms with E-state index in [9.17, 15) is 4.79 Å². The van der Waals surface area contributed by atoms with Crippen molar-refractivity contribution in [1.82, 2.24) is 0 Å². The van der Waals surface area contributed by atoms with Crippen molar-refractivity contribution in [3.8, 4) is 0 Å². The molecule has 1 spiro atoms. The van der Waals surface area contributed by atoms with Crippen molar-refractivity contribution in [3.63, 3.8) is 0 Å². The van der Waals surface area contributed by atoms with Gasteiger partial charge in [-0.1, -0.05) is 22.6 Å². The Labute approximate surface area is 72.8 Å². The van der Waals surface area contributed by atoms with E-state index in [0.29, 0.717) is 0 Å². The lowest BCUT2D eigenvalue weighted by molar-refractivity contribution is -0.183. The zero-order valence-corrected chi connectivity index (χ0v) is 7.55. The number of hydrogen-bond acceptors (Lipinski definition) is 2. The number of ether oxygens (including phenoxy) is 1. The van der Waals surface area contributed by atoms with Gasteiger partial charge in [0.1, 0.15) is 5.60 Å². The van der Waals surface area contributed by atoms with Crippen molar-refractivity contribution in [2.75, 3.05) is 0 Å². The van der Waals surface area contributed by atoms with Gasteiger partial charge in [-0.2, -0.15) is 0 Å². The number of esters is 1. The number of carbonyl (C=O) groups is 1. The first kappa shape index (κ1) is 6.64. The van der Waals surface area contributed by atoms with Gasteiger partial charge in [-0.15, -0.1) is 0 Å². The van der Waals surface area contributed by atoms with Crippen molar-refractivity contribution in [1.29, 1.82) is 0 Å². The molecule has 0 aromatic heterocycles. The van der Waals surface area contributed by atoms with Gasteiger partial charge < -0.3 is 4.74 Å². The number of halogens is 1. The monoisotopic (exact) mass is 250 g/mol. The second-order valence-electron chi connectivity index (χ2n) is 2.76. The minimum Gasteiger partial charge on any atom is -0.450 e. The highest BCUT2D eigenvalue weighted by molar-refractivity contribution is 14.1. The van der Waals surface area contributed by atoms with Gasteiger partial charge in [0.25, 0.3) is 0 Å². The summed E-state index contributed by atoms with van der Waals surface area (Å²) in [5.74, 6) is -0.117. The summed E-state index contributed by atoms with van der Waals surface area (Å²) in [7, 11) is 0. The van der Waals surface area contributed by atoms with Crippen LogP contribution < -0.4 is 0 Å². The lowest BCUT2D eigenvalue weighted by Crippen LogP contribution is -2.55. The molecule has 0 aromatic rings. The molecule has 0 bridgehead atoms. The molecule has 1 saturated carbocycles. The molecule has 2 nitrogen and oxygen atoms in total. The normalized spacial score (nSPS) is 31.3. The highest BCUT2D eigenvalue weighted by Gasteiger charge is 2.55. The number of hydrogen-bond donors (Lipinski definition) is 0. The highest BCUT2D eigenvalue weighted by atomic mass is 127. The fourth-order valence-electron chi connectivity index (χ4n) is 1.44. The van der Waals surface area contributed by atoms with Gasteiger partial charge in [-0.3, -0.25) is 0 Å². The molecule has 2 aliphatic rings. The molecule has 1 aliphatic heterocycles. The Morgan fingerprint density at radius 1 is 1.60 bits per heavy atom. The molecule has 0 N–H and O–H groups in total. The molecule has 0 radical (unpaired) electrons.